The van der Waals surface area contributed by atoms with E-state index in [9.17, 15) is 4.79 Å². The van der Waals surface area contributed by atoms with Gasteiger partial charge in [-0.2, -0.15) is 0 Å². The van der Waals surface area contributed by atoms with Gasteiger partial charge in [-0.15, -0.1) is 0 Å². The largest absolute Gasteiger partial charge is 0.492 e. The van der Waals surface area contributed by atoms with Crippen molar-refractivity contribution >= 4 is 21.8 Å². The van der Waals surface area contributed by atoms with Gasteiger partial charge in [0.25, 0.3) is 0 Å². The van der Waals surface area contributed by atoms with Crippen LogP contribution in [0.3, 0.4) is 0 Å². The van der Waals surface area contributed by atoms with E-state index in [2.05, 4.69) is 28.1 Å². The van der Waals surface area contributed by atoms with Crippen LogP contribution >= 0.6 is 15.9 Å². The normalized spacial score (nSPS) is 19.2. The van der Waals surface area contributed by atoms with E-state index >= 15 is 0 Å². The highest BCUT2D eigenvalue weighted by Crippen LogP contribution is 2.48. The van der Waals surface area contributed by atoms with Gasteiger partial charge in [0.2, 0.25) is 5.91 Å². The molecule has 0 radical (unpaired) electrons. The van der Waals surface area contributed by atoms with E-state index in [4.69, 9.17) is 4.74 Å². The molecule has 120 valence electrons. The minimum atomic E-state index is 0.117. The molecule has 3 rings (SSSR count). The molecule has 1 fully saturated rings. The number of nitrogens with zero attached hydrogens (tertiary/aromatic N) is 1. The summed E-state index contributed by atoms with van der Waals surface area (Å²) >= 11 is 3.49. The number of rotatable bonds is 6. The van der Waals surface area contributed by atoms with Gasteiger partial charge in [-0.1, -0.05) is 46.3 Å². The van der Waals surface area contributed by atoms with E-state index in [1.54, 1.807) is 4.90 Å². The van der Waals surface area contributed by atoms with Crippen LogP contribution in [0.5, 0.6) is 5.75 Å². The van der Waals surface area contributed by atoms with E-state index in [-0.39, 0.29) is 11.8 Å². The maximum Gasteiger partial charge on any atom is 0.226 e. The van der Waals surface area contributed by atoms with Crippen LogP contribution in [0.15, 0.2) is 59.1 Å². The van der Waals surface area contributed by atoms with Crippen LogP contribution in [0.1, 0.15) is 17.9 Å². The SMILES string of the molecule is CN(CCOc1ccccc1)C(=O)C1CC1c1cccc(Br)c1. The van der Waals surface area contributed by atoms with Crippen molar-refractivity contribution in [3.63, 3.8) is 0 Å². The Morgan fingerprint density at radius 1 is 1.22 bits per heavy atom. The topological polar surface area (TPSA) is 29.5 Å². The molecule has 2 aromatic carbocycles. The highest BCUT2D eigenvalue weighted by Gasteiger charge is 2.45. The zero-order valence-electron chi connectivity index (χ0n) is 13.1. The second kappa shape index (κ2) is 7.18. The fraction of sp³-hybridized carbons (Fsp3) is 0.316. The van der Waals surface area contributed by atoms with Crippen LogP contribution < -0.4 is 4.74 Å². The summed E-state index contributed by atoms with van der Waals surface area (Å²) in [5.74, 6) is 1.53. The first kappa shape index (κ1) is 16.1. The van der Waals surface area contributed by atoms with Crippen molar-refractivity contribution in [3.05, 3.63) is 64.6 Å². The van der Waals surface area contributed by atoms with Gasteiger partial charge >= 0.3 is 0 Å². The van der Waals surface area contributed by atoms with Gasteiger partial charge in [0, 0.05) is 17.4 Å². The zero-order valence-corrected chi connectivity index (χ0v) is 14.7. The van der Waals surface area contributed by atoms with Crippen LogP contribution in [0.4, 0.5) is 0 Å². The van der Waals surface area contributed by atoms with E-state index in [0.717, 1.165) is 16.6 Å². The zero-order chi connectivity index (χ0) is 16.2. The Balaban J connectivity index is 1.47. The maximum atomic E-state index is 12.5. The summed E-state index contributed by atoms with van der Waals surface area (Å²) in [6, 6.07) is 17.9. The highest BCUT2D eigenvalue weighted by atomic mass is 79.9. The molecule has 4 heteroatoms. The van der Waals surface area contributed by atoms with E-state index in [0.29, 0.717) is 19.1 Å². The quantitative estimate of drug-likeness (QED) is 0.762. The Kier molecular flexibility index (Phi) is 5.01. The van der Waals surface area contributed by atoms with E-state index in [1.165, 1.54) is 5.56 Å². The summed E-state index contributed by atoms with van der Waals surface area (Å²) < 4.78 is 6.72. The third-order valence-corrected chi connectivity index (χ3v) is 4.69. The predicted molar refractivity (Wildman–Crippen MR) is 94.6 cm³/mol. The minimum absolute atomic E-state index is 0.117. The van der Waals surface area contributed by atoms with Gasteiger partial charge in [0.05, 0.1) is 6.54 Å². The Labute approximate surface area is 145 Å². The molecule has 2 aromatic rings. The minimum Gasteiger partial charge on any atom is -0.492 e. The number of likely N-dealkylation sites (N-methyl/N-ethyl adjacent to an activating group) is 1. The number of hydrogen-bond donors (Lipinski definition) is 0. The van der Waals surface area contributed by atoms with Gasteiger partial charge in [-0.05, 0) is 42.2 Å². The Morgan fingerprint density at radius 3 is 2.74 bits per heavy atom. The van der Waals surface area contributed by atoms with Crippen molar-refractivity contribution in [2.75, 3.05) is 20.2 Å². The van der Waals surface area contributed by atoms with Crippen molar-refractivity contribution in [2.45, 2.75) is 12.3 Å². The average molecular weight is 374 g/mol. The van der Waals surface area contributed by atoms with Crippen LogP contribution in [-0.4, -0.2) is 31.0 Å². The Morgan fingerprint density at radius 2 is 2.00 bits per heavy atom. The number of ether oxygens (including phenoxy) is 1. The molecule has 0 bridgehead atoms. The number of halogens is 1. The van der Waals surface area contributed by atoms with E-state index in [1.807, 2.05) is 49.5 Å². The molecule has 0 heterocycles. The lowest BCUT2D eigenvalue weighted by molar-refractivity contribution is -0.131. The number of carbonyl (C=O) groups excluding carboxylic acids is 1. The maximum absolute atomic E-state index is 12.5. The number of para-hydroxylation sites is 1. The van der Waals surface area contributed by atoms with Crippen molar-refractivity contribution < 1.29 is 9.53 Å². The van der Waals surface area contributed by atoms with Gasteiger partial charge in [-0.25, -0.2) is 0 Å². The second-order valence-electron chi connectivity index (χ2n) is 5.93. The fourth-order valence-electron chi connectivity index (χ4n) is 2.78. The highest BCUT2D eigenvalue weighted by molar-refractivity contribution is 9.10. The van der Waals surface area contributed by atoms with Gasteiger partial charge in [-0.3, -0.25) is 4.79 Å². The Bertz CT molecular complexity index is 674. The molecule has 0 spiro atoms. The number of benzene rings is 2. The van der Waals surface area contributed by atoms with Crippen LogP contribution in [0, 0.1) is 5.92 Å². The third kappa shape index (κ3) is 4.14. The first-order valence-corrected chi connectivity index (χ1v) is 8.63. The Hall–Kier alpha value is -1.81. The molecule has 3 nitrogen and oxygen atoms in total. The number of carbonyl (C=O) groups is 1. The van der Waals surface area contributed by atoms with Crippen molar-refractivity contribution in [3.8, 4) is 5.75 Å². The molecular formula is C19H20BrNO2. The molecule has 0 N–H and O–H groups in total. The average Bonchev–Trinajstić information content (AvgIpc) is 3.36. The summed E-state index contributed by atoms with van der Waals surface area (Å²) in [5.41, 5.74) is 1.24. The van der Waals surface area contributed by atoms with Gasteiger partial charge < -0.3 is 9.64 Å². The van der Waals surface area contributed by atoms with Crippen LogP contribution in [-0.2, 0) is 4.79 Å². The summed E-state index contributed by atoms with van der Waals surface area (Å²) in [5, 5.41) is 0. The lowest BCUT2D eigenvalue weighted by atomic mass is 10.1. The lowest BCUT2D eigenvalue weighted by Gasteiger charge is -2.17. The lowest BCUT2D eigenvalue weighted by Crippen LogP contribution is -2.32. The summed E-state index contributed by atoms with van der Waals surface area (Å²) in [7, 11) is 1.85. The molecule has 2 unspecified atom stereocenters. The number of amides is 1. The van der Waals surface area contributed by atoms with Gasteiger partial charge in [0.1, 0.15) is 12.4 Å². The van der Waals surface area contributed by atoms with Crippen molar-refractivity contribution in [1.29, 1.82) is 0 Å². The first-order chi connectivity index (χ1) is 11.1. The fourth-order valence-corrected chi connectivity index (χ4v) is 3.20. The summed E-state index contributed by atoms with van der Waals surface area (Å²) in [6.07, 6.45) is 0.944. The van der Waals surface area contributed by atoms with E-state index < -0.39 is 0 Å². The first-order valence-electron chi connectivity index (χ1n) is 7.83. The predicted octanol–water partition coefficient (Wildman–Crippen LogP) is 4.09. The summed E-state index contributed by atoms with van der Waals surface area (Å²) in [4.78, 5) is 14.3. The molecule has 1 aliphatic carbocycles. The van der Waals surface area contributed by atoms with Gasteiger partial charge in [0.15, 0.2) is 0 Å². The smallest absolute Gasteiger partial charge is 0.226 e. The molecular weight excluding hydrogens is 354 g/mol. The molecule has 1 aliphatic rings. The second-order valence-corrected chi connectivity index (χ2v) is 6.84. The number of hydrogen-bond acceptors (Lipinski definition) is 2. The third-order valence-electron chi connectivity index (χ3n) is 4.20. The molecule has 23 heavy (non-hydrogen) atoms. The molecule has 0 aromatic heterocycles. The molecule has 1 saturated carbocycles. The van der Waals surface area contributed by atoms with Crippen molar-refractivity contribution in [1.82, 2.24) is 4.90 Å². The molecule has 0 aliphatic heterocycles. The standard InChI is InChI=1S/C19H20BrNO2/c1-21(10-11-23-16-8-3-2-4-9-16)19(22)18-13-17(18)14-6-5-7-15(20)12-14/h2-9,12,17-18H,10-11,13H2,1H3. The molecule has 0 saturated heterocycles. The molecule has 1 amide bonds. The van der Waals surface area contributed by atoms with Crippen LogP contribution in [0.2, 0.25) is 0 Å². The van der Waals surface area contributed by atoms with Crippen LogP contribution in [0.25, 0.3) is 0 Å². The molecule has 2 atom stereocenters. The van der Waals surface area contributed by atoms with Crippen molar-refractivity contribution in [2.24, 2.45) is 5.92 Å². The monoisotopic (exact) mass is 373 g/mol. The summed E-state index contributed by atoms with van der Waals surface area (Å²) in [6.45, 7) is 1.12.